The van der Waals surface area contributed by atoms with Crippen LogP contribution >= 0.6 is 0 Å². The van der Waals surface area contributed by atoms with Gasteiger partial charge in [-0.15, -0.1) is 0 Å². The summed E-state index contributed by atoms with van der Waals surface area (Å²) < 4.78 is 5.37. The van der Waals surface area contributed by atoms with Crippen LogP contribution in [0.4, 0.5) is 5.69 Å². The Labute approximate surface area is 99.2 Å². The summed E-state index contributed by atoms with van der Waals surface area (Å²) in [5.74, 6) is 0.575. The summed E-state index contributed by atoms with van der Waals surface area (Å²) in [4.78, 5) is 0. The van der Waals surface area contributed by atoms with Gasteiger partial charge in [-0.25, -0.2) is 0 Å². The SMILES string of the molecule is C=CCOc1ccccc1NN=C(C#N)C#N. The van der Waals surface area contributed by atoms with Crippen molar-refractivity contribution in [2.45, 2.75) is 0 Å². The molecule has 0 bridgehead atoms. The van der Waals surface area contributed by atoms with Gasteiger partial charge < -0.3 is 4.74 Å². The lowest BCUT2D eigenvalue weighted by molar-refractivity contribution is 0.365. The van der Waals surface area contributed by atoms with Gasteiger partial charge in [-0.05, 0) is 12.1 Å². The molecule has 0 amide bonds. The maximum atomic E-state index is 8.53. The molecule has 5 heteroatoms. The van der Waals surface area contributed by atoms with Crippen molar-refractivity contribution >= 4 is 11.4 Å². The van der Waals surface area contributed by atoms with E-state index in [9.17, 15) is 0 Å². The van der Waals surface area contributed by atoms with Gasteiger partial charge in [0.15, 0.2) is 0 Å². The highest BCUT2D eigenvalue weighted by atomic mass is 16.5. The minimum Gasteiger partial charge on any atom is -0.487 e. The first kappa shape index (κ1) is 12.3. The first-order chi connectivity index (χ1) is 8.31. The van der Waals surface area contributed by atoms with Crippen molar-refractivity contribution in [2.75, 3.05) is 12.0 Å². The quantitative estimate of drug-likeness (QED) is 0.473. The molecule has 17 heavy (non-hydrogen) atoms. The lowest BCUT2D eigenvalue weighted by Gasteiger charge is -2.08. The fourth-order valence-corrected chi connectivity index (χ4v) is 1.02. The van der Waals surface area contributed by atoms with Crippen LogP contribution < -0.4 is 10.2 Å². The normalized spacial score (nSPS) is 8.35. The second-order valence-corrected chi connectivity index (χ2v) is 2.89. The van der Waals surface area contributed by atoms with Gasteiger partial charge >= 0.3 is 0 Å². The molecule has 0 saturated heterocycles. The Bertz CT molecular complexity index is 492. The number of nitriles is 2. The van der Waals surface area contributed by atoms with Gasteiger partial charge in [0, 0.05) is 0 Å². The number of hydrogen-bond donors (Lipinski definition) is 1. The first-order valence-corrected chi connectivity index (χ1v) is 4.78. The number of nitrogens with one attached hydrogen (secondary N) is 1. The summed E-state index contributed by atoms with van der Waals surface area (Å²) in [5.41, 5.74) is 2.94. The molecule has 1 aromatic carbocycles. The Hall–Kier alpha value is -2.79. The molecule has 5 nitrogen and oxygen atoms in total. The smallest absolute Gasteiger partial charge is 0.237 e. The van der Waals surface area contributed by atoms with Crippen molar-refractivity contribution in [1.82, 2.24) is 0 Å². The van der Waals surface area contributed by atoms with E-state index in [0.29, 0.717) is 18.0 Å². The third-order valence-corrected chi connectivity index (χ3v) is 1.74. The maximum Gasteiger partial charge on any atom is 0.237 e. The molecule has 0 unspecified atom stereocenters. The molecular formula is C12H10N4O. The molecule has 84 valence electrons. The number of rotatable bonds is 5. The highest BCUT2D eigenvalue weighted by Gasteiger charge is 2.01. The van der Waals surface area contributed by atoms with Crippen LogP contribution in [0, 0.1) is 22.7 Å². The maximum absolute atomic E-state index is 8.53. The van der Waals surface area contributed by atoms with Gasteiger partial charge in [0.25, 0.3) is 0 Å². The molecule has 0 aliphatic rings. The molecule has 0 atom stereocenters. The molecule has 1 N–H and O–H groups in total. The predicted octanol–water partition coefficient (Wildman–Crippen LogP) is 2.07. The van der Waals surface area contributed by atoms with Gasteiger partial charge in [-0.3, -0.25) is 5.43 Å². The monoisotopic (exact) mass is 226 g/mol. The summed E-state index contributed by atoms with van der Waals surface area (Å²) in [7, 11) is 0. The molecule has 0 heterocycles. The minimum atomic E-state index is -0.247. The van der Waals surface area contributed by atoms with Crippen molar-refractivity contribution in [3.05, 3.63) is 36.9 Å². The molecular weight excluding hydrogens is 216 g/mol. The average Bonchev–Trinajstić information content (AvgIpc) is 2.38. The van der Waals surface area contributed by atoms with Gasteiger partial charge in [-0.1, -0.05) is 24.8 Å². The second-order valence-electron chi connectivity index (χ2n) is 2.89. The zero-order valence-electron chi connectivity index (χ0n) is 9.05. The Morgan fingerprint density at radius 3 is 2.76 bits per heavy atom. The van der Waals surface area contributed by atoms with Crippen LogP contribution in [0.25, 0.3) is 0 Å². The molecule has 0 spiro atoms. The van der Waals surface area contributed by atoms with E-state index in [4.69, 9.17) is 15.3 Å². The Balaban J connectivity index is 2.84. The Morgan fingerprint density at radius 1 is 1.41 bits per heavy atom. The van der Waals surface area contributed by atoms with Crippen LogP contribution in [-0.2, 0) is 0 Å². The van der Waals surface area contributed by atoms with Crippen molar-refractivity contribution in [3.63, 3.8) is 0 Å². The van der Waals surface area contributed by atoms with Crippen molar-refractivity contribution in [1.29, 1.82) is 10.5 Å². The minimum absolute atomic E-state index is 0.247. The summed E-state index contributed by atoms with van der Waals surface area (Å²) >= 11 is 0. The molecule has 0 saturated carbocycles. The fourth-order valence-electron chi connectivity index (χ4n) is 1.02. The van der Waals surface area contributed by atoms with Crippen LogP contribution in [0.2, 0.25) is 0 Å². The van der Waals surface area contributed by atoms with Gasteiger partial charge in [0.05, 0.1) is 5.69 Å². The first-order valence-electron chi connectivity index (χ1n) is 4.78. The zero-order chi connectivity index (χ0) is 12.5. The largest absolute Gasteiger partial charge is 0.487 e. The van der Waals surface area contributed by atoms with Crippen molar-refractivity contribution in [3.8, 4) is 17.9 Å². The summed E-state index contributed by atoms with van der Waals surface area (Å²) in [6.45, 7) is 3.91. The third-order valence-electron chi connectivity index (χ3n) is 1.74. The lowest BCUT2D eigenvalue weighted by atomic mass is 10.3. The third kappa shape index (κ3) is 3.69. The molecule has 0 aliphatic carbocycles. The molecule has 0 fully saturated rings. The van der Waals surface area contributed by atoms with Crippen LogP contribution in [0.15, 0.2) is 42.0 Å². The number of ether oxygens (including phenoxy) is 1. The standard InChI is InChI=1S/C12H10N4O/c1-2-7-17-12-6-4-3-5-11(12)16-15-10(8-13)9-14/h2-6,16H,1,7H2. The number of benzene rings is 1. The molecule has 0 radical (unpaired) electrons. The predicted molar refractivity (Wildman–Crippen MR) is 64.4 cm³/mol. The number of nitrogens with zero attached hydrogens (tertiary/aromatic N) is 3. The second kappa shape index (κ2) is 6.65. The van der Waals surface area contributed by atoms with E-state index in [1.807, 2.05) is 6.07 Å². The van der Waals surface area contributed by atoms with E-state index in [0.717, 1.165) is 0 Å². The van der Waals surface area contributed by atoms with Gasteiger partial charge in [-0.2, -0.15) is 15.6 Å². The highest BCUT2D eigenvalue weighted by Crippen LogP contribution is 2.23. The number of hydrogen-bond acceptors (Lipinski definition) is 5. The fraction of sp³-hybridized carbons (Fsp3) is 0.0833. The molecule has 0 aliphatic heterocycles. The van der Waals surface area contributed by atoms with Crippen LogP contribution in [0.1, 0.15) is 0 Å². The van der Waals surface area contributed by atoms with E-state index in [2.05, 4.69) is 17.1 Å². The van der Waals surface area contributed by atoms with Crippen LogP contribution in [-0.4, -0.2) is 12.3 Å². The van der Waals surface area contributed by atoms with Gasteiger partial charge in [0.2, 0.25) is 5.71 Å². The summed E-state index contributed by atoms with van der Waals surface area (Å²) in [6, 6.07) is 10.4. The van der Waals surface area contributed by atoms with E-state index in [1.165, 1.54) is 0 Å². The Kier molecular flexibility index (Phi) is 4.80. The van der Waals surface area contributed by atoms with Crippen molar-refractivity contribution < 1.29 is 4.74 Å². The summed E-state index contributed by atoms with van der Waals surface area (Å²) in [6.07, 6.45) is 1.62. The lowest BCUT2D eigenvalue weighted by Crippen LogP contribution is -2.00. The average molecular weight is 226 g/mol. The van der Waals surface area contributed by atoms with E-state index >= 15 is 0 Å². The van der Waals surface area contributed by atoms with E-state index < -0.39 is 0 Å². The van der Waals surface area contributed by atoms with Crippen LogP contribution in [0.5, 0.6) is 5.75 Å². The number of anilines is 1. The molecule has 1 rings (SSSR count). The van der Waals surface area contributed by atoms with E-state index in [-0.39, 0.29) is 5.71 Å². The zero-order valence-corrected chi connectivity index (χ0v) is 9.05. The van der Waals surface area contributed by atoms with Crippen molar-refractivity contribution in [2.24, 2.45) is 5.10 Å². The van der Waals surface area contributed by atoms with Crippen LogP contribution in [0.3, 0.4) is 0 Å². The number of para-hydroxylation sites is 2. The number of hydrazone groups is 1. The molecule has 1 aromatic rings. The van der Waals surface area contributed by atoms with E-state index in [1.54, 1.807) is 36.4 Å². The Morgan fingerprint density at radius 2 is 2.12 bits per heavy atom. The van der Waals surface area contributed by atoms with Gasteiger partial charge in [0.1, 0.15) is 24.5 Å². The highest BCUT2D eigenvalue weighted by molar-refractivity contribution is 6.10. The molecule has 0 aromatic heterocycles. The summed E-state index contributed by atoms with van der Waals surface area (Å²) in [5, 5.41) is 20.7. The topological polar surface area (TPSA) is 81.2 Å².